The van der Waals surface area contributed by atoms with Crippen LogP contribution >= 0.6 is 0 Å². The molecule has 0 bridgehead atoms. The van der Waals surface area contributed by atoms with Crippen LogP contribution in [0.4, 0.5) is 17.6 Å². The molecule has 0 radical (unpaired) electrons. The minimum atomic E-state index is -4.58. The lowest BCUT2D eigenvalue weighted by molar-refractivity contribution is -0.143. The molecule has 0 N–H and O–H groups in total. The Bertz CT molecular complexity index is 1160. The second-order valence-corrected chi connectivity index (χ2v) is 8.04. The van der Waals surface area contributed by atoms with Gasteiger partial charge in [-0.25, -0.2) is 4.39 Å². The summed E-state index contributed by atoms with van der Waals surface area (Å²) >= 11 is 0. The Labute approximate surface area is 194 Å². The van der Waals surface area contributed by atoms with E-state index in [0.717, 1.165) is 11.6 Å². The molecular weight excluding hydrogens is 452 g/mol. The Morgan fingerprint density at radius 2 is 1.94 bits per heavy atom. The molecule has 0 unspecified atom stereocenters. The van der Waals surface area contributed by atoms with E-state index in [2.05, 4.69) is 5.10 Å². The third kappa shape index (κ3) is 5.08. The normalized spacial score (nSPS) is 15.3. The molecule has 5 nitrogen and oxygen atoms in total. The van der Waals surface area contributed by atoms with Crippen LogP contribution in [0.15, 0.2) is 48.5 Å². The summed E-state index contributed by atoms with van der Waals surface area (Å²) < 4.78 is 66.6. The summed E-state index contributed by atoms with van der Waals surface area (Å²) in [6.45, 7) is 1.97. The van der Waals surface area contributed by atoms with E-state index >= 15 is 4.39 Å². The highest BCUT2D eigenvalue weighted by atomic mass is 19.4. The van der Waals surface area contributed by atoms with E-state index in [4.69, 9.17) is 9.47 Å². The van der Waals surface area contributed by atoms with Gasteiger partial charge in [-0.05, 0) is 54.5 Å². The molecule has 0 spiro atoms. The van der Waals surface area contributed by atoms with E-state index in [0.29, 0.717) is 36.3 Å². The molecule has 0 fully saturated rings. The topological polar surface area (TPSA) is 53.4 Å². The summed E-state index contributed by atoms with van der Waals surface area (Å²) in [6, 6.07) is 12.9. The number of ether oxygens (including phenoxy) is 2. The second-order valence-electron chi connectivity index (χ2n) is 8.04. The predicted molar refractivity (Wildman–Crippen MR) is 117 cm³/mol. The van der Waals surface area contributed by atoms with Gasteiger partial charge in [-0.15, -0.1) is 0 Å². The average molecular weight is 476 g/mol. The first-order chi connectivity index (χ1) is 16.3. The van der Waals surface area contributed by atoms with Gasteiger partial charge in [-0.1, -0.05) is 36.4 Å². The van der Waals surface area contributed by atoms with Crippen molar-refractivity contribution in [1.82, 2.24) is 9.78 Å². The summed E-state index contributed by atoms with van der Waals surface area (Å²) in [7, 11) is 0. The summed E-state index contributed by atoms with van der Waals surface area (Å²) in [5.74, 6) is -0.882. The van der Waals surface area contributed by atoms with E-state index in [1.807, 2.05) is 0 Å². The van der Waals surface area contributed by atoms with Gasteiger partial charge in [0.1, 0.15) is 6.61 Å². The number of benzene rings is 2. The van der Waals surface area contributed by atoms with E-state index in [1.165, 1.54) is 10.7 Å². The maximum atomic E-state index is 15.1. The number of nitrogens with zero attached hydrogens (tertiary/aromatic N) is 2. The largest absolute Gasteiger partial charge is 0.489 e. The molecule has 4 rings (SSSR count). The number of carbonyl (C=O) groups is 1. The van der Waals surface area contributed by atoms with Crippen LogP contribution in [0.3, 0.4) is 0 Å². The molecule has 0 saturated heterocycles. The van der Waals surface area contributed by atoms with Crippen molar-refractivity contribution in [1.29, 1.82) is 0 Å². The highest BCUT2D eigenvalue weighted by molar-refractivity contribution is 5.71. The SMILES string of the molecule is CCOC(=O)C[C@@H]1CCc2c1ccc(OCCn1nc(C(F)(F)F)cc1-c1ccccc1)c2F. The third-order valence-electron chi connectivity index (χ3n) is 5.85. The number of aromatic nitrogens is 2. The maximum absolute atomic E-state index is 15.1. The van der Waals surface area contributed by atoms with Crippen molar-refractivity contribution in [3.05, 3.63) is 71.2 Å². The number of hydrogen-bond donors (Lipinski definition) is 0. The van der Waals surface area contributed by atoms with Gasteiger partial charge in [0.25, 0.3) is 0 Å². The number of alkyl halides is 3. The van der Waals surface area contributed by atoms with Gasteiger partial charge in [-0.3, -0.25) is 9.48 Å². The van der Waals surface area contributed by atoms with E-state index in [-0.39, 0.29) is 37.2 Å². The van der Waals surface area contributed by atoms with Crippen molar-refractivity contribution in [2.45, 2.75) is 44.8 Å². The van der Waals surface area contributed by atoms with Gasteiger partial charge in [0.2, 0.25) is 0 Å². The maximum Gasteiger partial charge on any atom is 0.435 e. The van der Waals surface area contributed by atoms with Crippen LogP contribution in [0.1, 0.15) is 42.5 Å². The van der Waals surface area contributed by atoms with Crippen LogP contribution in [-0.2, 0) is 28.7 Å². The monoisotopic (exact) mass is 476 g/mol. The Morgan fingerprint density at radius 1 is 1.18 bits per heavy atom. The zero-order valence-corrected chi connectivity index (χ0v) is 18.6. The standard InChI is InChI=1S/C25H24F4N2O3/c1-2-33-23(32)14-17-8-9-19-18(17)10-11-21(24(19)26)34-13-12-31-20(16-6-4-3-5-7-16)15-22(30-31)25(27,28)29/h3-7,10-11,15,17H,2,8-9,12-14H2,1H3/t17-/m0/s1. The van der Waals surface area contributed by atoms with E-state index in [9.17, 15) is 18.0 Å². The van der Waals surface area contributed by atoms with Crippen LogP contribution in [0.25, 0.3) is 11.3 Å². The van der Waals surface area contributed by atoms with Crippen LogP contribution in [-0.4, -0.2) is 29.0 Å². The van der Waals surface area contributed by atoms with Gasteiger partial charge in [0.05, 0.1) is 25.3 Å². The Hall–Kier alpha value is -3.36. The first-order valence-electron chi connectivity index (χ1n) is 11.1. The van der Waals surface area contributed by atoms with Crippen molar-refractivity contribution in [2.24, 2.45) is 0 Å². The van der Waals surface area contributed by atoms with Gasteiger partial charge in [0, 0.05) is 0 Å². The fourth-order valence-corrected chi connectivity index (χ4v) is 4.28. The van der Waals surface area contributed by atoms with Crippen LogP contribution in [0, 0.1) is 5.82 Å². The molecule has 1 heterocycles. The highest BCUT2D eigenvalue weighted by Gasteiger charge is 2.35. The van der Waals surface area contributed by atoms with Crippen LogP contribution < -0.4 is 4.74 Å². The number of hydrogen-bond acceptors (Lipinski definition) is 4. The summed E-state index contributed by atoms with van der Waals surface area (Å²) in [5, 5.41) is 3.70. The molecule has 0 aliphatic heterocycles. The van der Waals surface area contributed by atoms with Crippen molar-refractivity contribution < 1.29 is 31.8 Å². The number of rotatable bonds is 8. The molecule has 1 atom stereocenters. The lowest BCUT2D eigenvalue weighted by Crippen LogP contribution is -2.13. The fraction of sp³-hybridized carbons (Fsp3) is 0.360. The summed E-state index contributed by atoms with van der Waals surface area (Å²) in [4.78, 5) is 11.8. The summed E-state index contributed by atoms with van der Waals surface area (Å²) in [6.07, 6.45) is -3.26. The lowest BCUT2D eigenvalue weighted by atomic mass is 9.97. The van der Waals surface area contributed by atoms with Gasteiger partial charge < -0.3 is 9.47 Å². The lowest BCUT2D eigenvalue weighted by Gasteiger charge is -2.14. The summed E-state index contributed by atoms with van der Waals surface area (Å²) in [5.41, 5.74) is 1.17. The van der Waals surface area contributed by atoms with Gasteiger partial charge >= 0.3 is 12.1 Å². The quantitative estimate of drug-likeness (QED) is 0.306. The van der Waals surface area contributed by atoms with Crippen molar-refractivity contribution in [2.75, 3.05) is 13.2 Å². The molecule has 0 saturated carbocycles. The Morgan fingerprint density at radius 3 is 2.65 bits per heavy atom. The van der Waals surface area contributed by atoms with Crippen LogP contribution in [0.2, 0.25) is 0 Å². The zero-order valence-electron chi connectivity index (χ0n) is 18.6. The molecule has 2 aromatic carbocycles. The number of halogens is 4. The minimum Gasteiger partial charge on any atom is -0.489 e. The van der Waals surface area contributed by atoms with E-state index < -0.39 is 17.7 Å². The van der Waals surface area contributed by atoms with Gasteiger partial charge in [0.15, 0.2) is 17.3 Å². The third-order valence-corrected chi connectivity index (χ3v) is 5.85. The van der Waals surface area contributed by atoms with Gasteiger partial charge in [-0.2, -0.15) is 18.3 Å². The molecule has 1 aromatic heterocycles. The smallest absolute Gasteiger partial charge is 0.435 e. The number of carbonyl (C=O) groups excluding carboxylic acids is 1. The average Bonchev–Trinajstić information content (AvgIpc) is 3.41. The molecule has 34 heavy (non-hydrogen) atoms. The zero-order chi connectivity index (χ0) is 24.3. The molecule has 1 aliphatic carbocycles. The molecule has 0 amide bonds. The highest BCUT2D eigenvalue weighted by Crippen LogP contribution is 2.40. The second kappa shape index (κ2) is 9.87. The minimum absolute atomic E-state index is 0.00230. The van der Waals surface area contributed by atoms with Crippen molar-refractivity contribution in [3.63, 3.8) is 0 Å². The Kier molecular flexibility index (Phi) is 6.90. The van der Waals surface area contributed by atoms with Crippen molar-refractivity contribution >= 4 is 5.97 Å². The van der Waals surface area contributed by atoms with Crippen LogP contribution in [0.5, 0.6) is 5.75 Å². The molecular formula is C25H24F4N2O3. The predicted octanol–water partition coefficient (Wildman–Crippen LogP) is 5.77. The molecule has 9 heteroatoms. The van der Waals surface area contributed by atoms with Crippen molar-refractivity contribution in [3.8, 4) is 17.0 Å². The number of esters is 1. The molecule has 1 aliphatic rings. The molecule has 3 aromatic rings. The first kappa shape index (κ1) is 23.8. The first-order valence-corrected chi connectivity index (χ1v) is 11.1. The Balaban J connectivity index is 1.47. The number of fused-ring (bicyclic) bond motifs is 1. The molecule has 180 valence electrons. The fourth-order valence-electron chi connectivity index (χ4n) is 4.28. The van der Waals surface area contributed by atoms with E-state index in [1.54, 1.807) is 43.3 Å².